The molecule has 0 unspecified atom stereocenters. The molecule has 0 atom stereocenters. The number of carbonyl (C=O) groups is 1. The summed E-state index contributed by atoms with van der Waals surface area (Å²) in [7, 11) is 4.85. The van der Waals surface area contributed by atoms with Gasteiger partial charge in [-0.3, -0.25) is 4.79 Å². The first-order valence-electron chi connectivity index (χ1n) is 9.50. The van der Waals surface area contributed by atoms with Crippen LogP contribution in [0.4, 0.5) is 0 Å². The van der Waals surface area contributed by atoms with Crippen LogP contribution >= 0.6 is 0 Å². The van der Waals surface area contributed by atoms with Gasteiger partial charge in [0.05, 0.1) is 21.3 Å². The van der Waals surface area contributed by atoms with Crippen LogP contribution in [0.5, 0.6) is 17.2 Å². The zero-order valence-electron chi connectivity index (χ0n) is 17.3. The standard InChI is InChI=1S/C26H24O4/c1-28-22-13-10-19(11-14-22)9-12-21-17-23(29-2)18-26(30-3)24(21)15-16-25(27)20-7-5-4-6-8-20/h4-18H,1-3H3/b12-9+,16-15+. The van der Waals surface area contributed by atoms with Crippen molar-refractivity contribution in [2.75, 3.05) is 21.3 Å². The van der Waals surface area contributed by atoms with Gasteiger partial charge in [0.15, 0.2) is 5.78 Å². The van der Waals surface area contributed by atoms with E-state index in [2.05, 4.69) is 0 Å². The first-order valence-corrected chi connectivity index (χ1v) is 9.50. The molecule has 0 aliphatic carbocycles. The molecular formula is C26H24O4. The smallest absolute Gasteiger partial charge is 0.185 e. The van der Waals surface area contributed by atoms with Crippen LogP contribution < -0.4 is 14.2 Å². The van der Waals surface area contributed by atoms with Crippen molar-refractivity contribution >= 4 is 24.0 Å². The molecule has 0 bridgehead atoms. The first-order chi connectivity index (χ1) is 14.6. The van der Waals surface area contributed by atoms with E-state index in [-0.39, 0.29) is 5.78 Å². The van der Waals surface area contributed by atoms with Crippen molar-refractivity contribution in [2.24, 2.45) is 0 Å². The highest BCUT2D eigenvalue weighted by Gasteiger charge is 2.10. The van der Waals surface area contributed by atoms with Gasteiger partial charge in [0.25, 0.3) is 0 Å². The molecule has 0 amide bonds. The third-order valence-electron chi connectivity index (χ3n) is 4.63. The Bertz CT molecular complexity index is 1050. The van der Waals surface area contributed by atoms with Crippen LogP contribution in [0.15, 0.2) is 72.8 Å². The highest BCUT2D eigenvalue weighted by molar-refractivity contribution is 6.07. The van der Waals surface area contributed by atoms with Gasteiger partial charge < -0.3 is 14.2 Å². The van der Waals surface area contributed by atoms with E-state index in [1.165, 1.54) is 0 Å². The molecule has 0 aromatic heterocycles. The lowest BCUT2D eigenvalue weighted by Gasteiger charge is -2.11. The molecule has 0 radical (unpaired) electrons. The minimum absolute atomic E-state index is 0.0708. The summed E-state index contributed by atoms with van der Waals surface area (Å²) in [6.45, 7) is 0. The molecule has 0 fully saturated rings. The molecule has 0 saturated heterocycles. The van der Waals surface area contributed by atoms with E-state index in [0.717, 1.165) is 22.4 Å². The van der Waals surface area contributed by atoms with Gasteiger partial charge in [-0.15, -0.1) is 0 Å². The molecule has 0 heterocycles. The van der Waals surface area contributed by atoms with Gasteiger partial charge in [-0.25, -0.2) is 0 Å². The van der Waals surface area contributed by atoms with Crippen molar-refractivity contribution in [1.82, 2.24) is 0 Å². The van der Waals surface area contributed by atoms with Crippen molar-refractivity contribution < 1.29 is 19.0 Å². The Hall–Kier alpha value is -3.79. The Morgan fingerprint density at radius 3 is 2.07 bits per heavy atom. The minimum atomic E-state index is -0.0708. The van der Waals surface area contributed by atoms with Crippen LogP contribution in [-0.2, 0) is 0 Å². The highest BCUT2D eigenvalue weighted by atomic mass is 16.5. The van der Waals surface area contributed by atoms with E-state index in [9.17, 15) is 4.79 Å². The fourth-order valence-electron chi connectivity index (χ4n) is 2.98. The monoisotopic (exact) mass is 400 g/mol. The third-order valence-corrected chi connectivity index (χ3v) is 4.63. The number of benzene rings is 3. The van der Waals surface area contributed by atoms with Crippen molar-refractivity contribution in [3.05, 3.63) is 95.1 Å². The van der Waals surface area contributed by atoms with E-state index >= 15 is 0 Å². The first kappa shape index (κ1) is 20.9. The molecule has 30 heavy (non-hydrogen) atoms. The van der Waals surface area contributed by atoms with Crippen LogP contribution in [-0.4, -0.2) is 27.1 Å². The van der Waals surface area contributed by atoms with Crippen LogP contribution in [0.3, 0.4) is 0 Å². The molecule has 4 heteroatoms. The Morgan fingerprint density at radius 1 is 0.733 bits per heavy atom. The quantitative estimate of drug-likeness (QED) is 0.273. The minimum Gasteiger partial charge on any atom is -0.497 e. The highest BCUT2D eigenvalue weighted by Crippen LogP contribution is 2.31. The molecular weight excluding hydrogens is 376 g/mol. The average Bonchev–Trinajstić information content (AvgIpc) is 2.81. The van der Waals surface area contributed by atoms with Crippen LogP contribution in [0.1, 0.15) is 27.0 Å². The van der Waals surface area contributed by atoms with Gasteiger partial charge in [0.1, 0.15) is 17.2 Å². The maximum atomic E-state index is 12.5. The summed E-state index contributed by atoms with van der Waals surface area (Å²) in [4.78, 5) is 12.5. The molecule has 0 N–H and O–H groups in total. The lowest BCUT2D eigenvalue weighted by atomic mass is 10.0. The number of hydrogen-bond acceptors (Lipinski definition) is 4. The zero-order chi connectivity index (χ0) is 21.3. The topological polar surface area (TPSA) is 44.8 Å². The molecule has 4 nitrogen and oxygen atoms in total. The normalized spacial score (nSPS) is 11.0. The van der Waals surface area contributed by atoms with Gasteiger partial charge in [-0.2, -0.15) is 0 Å². The Kier molecular flexibility index (Phi) is 7.06. The molecule has 3 rings (SSSR count). The average molecular weight is 400 g/mol. The fraction of sp³-hybridized carbons (Fsp3) is 0.115. The molecule has 152 valence electrons. The summed E-state index contributed by atoms with van der Waals surface area (Å²) >= 11 is 0. The van der Waals surface area contributed by atoms with E-state index in [0.29, 0.717) is 17.1 Å². The number of rotatable bonds is 8. The summed E-state index contributed by atoms with van der Waals surface area (Å²) in [5.74, 6) is 2.03. The summed E-state index contributed by atoms with van der Waals surface area (Å²) in [5, 5.41) is 0. The number of ketones is 1. The van der Waals surface area contributed by atoms with Crippen molar-refractivity contribution in [2.45, 2.75) is 0 Å². The van der Waals surface area contributed by atoms with Crippen molar-refractivity contribution in [3.63, 3.8) is 0 Å². The molecule has 0 spiro atoms. The van der Waals surface area contributed by atoms with Crippen LogP contribution in [0.25, 0.3) is 18.2 Å². The summed E-state index contributed by atoms with van der Waals surface area (Å²) in [6, 6.07) is 20.6. The maximum absolute atomic E-state index is 12.5. The van der Waals surface area contributed by atoms with E-state index < -0.39 is 0 Å². The number of ether oxygens (including phenoxy) is 3. The van der Waals surface area contributed by atoms with E-state index in [4.69, 9.17) is 14.2 Å². The van der Waals surface area contributed by atoms with Crippen molar-refractivity contribution in [3.8, 4) is 17.2 Å². The number of methoxy groups -OCH3 is 3. The summed E-state index contributed by atoms with van der Waals surface area (Å²) < 4.78 is 16.2. The largest absolute Gasteiger partial charge is 0.497 e. The molecule has 3 aromatic carbocycles. The zero-order valence-corrected chi connectivity index (χ0v) is 17.3. The van der Waals surface area contributed by atoms with E-state index in [1.54, 1.807) is 51.7 Å². The van der Waals surface area contributed by atoms with Gasteiger partial charge in [-0.1, -0.05) is 54.6 Å². The summed E-state index contributed by atoms with van der Waals surface area (Å²) in [5.41, 5.74) is 3.33. The maximum Gasteiger partial charge on any atom is 0.185 e. The van der Waals surface area contributed by atoms with Crippen molar-refractivity contribution in [1.29, 1.82) is 0 Å². The Morgan fingerprint density at radius 2 is 1.43 bits per heavy atom. The van der Waals surface area contributed by atoms with Gasteiger partial charge >= 0.3 is 0 Å². The third kappa shape index (κ3) is 5.17. The predicted octanol–water partition coefficient (Wildman–Crippen LogP) is 5.78. The molecule has 0 aliphatic rings. The van der Waals surface area contributed by atoms with Gasteiger partial charge in [0.2, 0.25) is 0 Å². The van der Waals surface area contributed by atoms with Crippen LogP contribution in [0, 0.1) is 0 Å². The molecule has 0 aliphatic heterocycles. The second-order valence-corrected chi connectivity index (χ2v) is 6.50. The molecule has 3 aromatic rings. The van der Waals surface area contributed by atoms with Gasteiger partial charge in [0, 0.05) is 17.2 Å². The van der Waals surface area contributed by atoms with E-state index in [1.807, 2.05) is 60.7 Å². The Balaban J connectivity index is 1.97. The number of carbonyl (C=O) groups excluding carboxylic acids is 1. The fourth-order valence-corrected chi connectivity index (χ4v) is 2.98. The predicted molar refractivity (Wildman–Crippen MR) is 121 cm³/mol. The summed E-state index contributed by atoms with van der Waals surface area (Å²) in [6.07, 6.45) is 7.30. The number of hydrogen-bond donors (Lipinski definition) is 0. The lowest BCUT2D eigenvalue weighted by Crippen LogP contribution is -1.96. The lowest BCUT2D eigenvalue weighted by molar-refractivity contribution is 0.104. The second-order valence-electron chi connectivity index (χ2n) is 6.50. The van der Waals surface area contributed by atoms with Gasteiger partial charge in [-0.05, 0) is 41.5 Å². The molecule has 0 saturated carbocycles. The SMILES string of the molecule is COc1ccc(/C=C/c2cc(OC)cc(OC)c2/C=C/C(=O)c2ccccc2)cc1. The second kappa shape index (κ2) is 10.1. The Labute approximate surface area is 177 Å². The number of allylic oxidation sites excluding steroid dienone is 1. The van der Waals surface area contributed by atoms with Crippen LogP contribution in [0.2, 0.25) is 0 Å².